The molecule has 2 aromatic heterocycles. The van der Waals surface area contributed by atoms with Crippen molar-refractivity contribution in [3.05, 3.63) is 57.7 Å². The number of piperidine rings is 1. The van der Waals surface area contributed by atoms with E-state index in [2.05, 4.69) is 32.9 Å². The van der Waals surface area contributed by atoms with Crippen LogP contribution in [0.4, 0.5) is 5.13 Å². The monoisotopic (exact) mass is 617 g/mol. The van der Waals surface area contributed by atoms with Gasteiger partial charge in [-0.25, -0.2) is 14.5 Å². The van der Waals surface area contributed by atoms with Gasteiger partial charge in [0.25, 0.3) is 0 Å². The van der Waals surface area contributed by atoms with Crippen LogP contribution in [0.2, 0.25) is 5.02 Å². The maximum Gasteiger partial charge on any atom is 0.337 e. The molecule has 224 valence electrons. The minimum absolute atomic E-state index is 0.193. The van der Waals surface area contributed by atoms with Gasteiger partial charge in [0.15, 0.2) is 5.13 Å². The normalized spacial score (nSPS) is 23.6. The smallest absolute Gasteiger partial charge is 0.337 e. The fraction of sp³-hybridized carbons (Fsp3) is 0.515. The predicted octanol–water partition coefficient (Wildman–Crippen LogP) is 7.48. The summed E-state index contributed by atoms with van der Waals surface area (Å²) in [6, 6.07) is 10.8. The Kier molecular flexibility index (Phi) is 6.95. The Balaban J connectivity index is 1.02. The van der Waals surface area contributed by atoms with Crippen LogP contribution in [0.1, 0.15) is 90.5 Å². The zero-order valence-electron chi connectivity index (χ0n) is 24.6. The van der Waals surface area contributed by atoms with E-state index in [0.717, 1.165) is 82.9 Å². The van der Waals surface area contributed by atoms with Crippen LogP contribution in [0.15, 0.2) is 30.3 Å². The maximum absolute atomic E-state index is 12.5. The van der Waals surface area contributed by atoms with E-state index in [-0.39, 0.29) is 12.1 Å². The zero-order chi connectivity index (χ0) is 29.2. The molecular weight excluding hydrogens is 582 g/mol. The molecule has 4 aliphatic rings. The van der Waals surface area contributed by atoms with Crippen LogP contribution in [-0.4, -0.2) is 51.7 Å². The lowest BCUT2D eigenvalue weighted by Crippen LogP contribution is -2.38. The lowest BCUT2D eigenvalue weighted by molar-refractivity contribution is 0.00958. The molecular formula is C33H36ClN5O3S. The van der Waals surface area contributed by atoms with Crippen molar-refractivity contribution in [2.24, 2.45) is 5.92 Å². The van der Waals surface area contributed by atoms with Crippen LogP contribution in [0.5, 0.6) is 0 Å². The van der Waals surface area contributed by atoms with Gasteiger partial charge in [0.2, 0.25) is 0 Å². The fourth-order valence-electron chi connectivity index (χ4n) is 7.67. The molecule has 2 aromatic carbocycles. The standard InChI is InChI=1S/C33H36ClN5O3S/c1-18-6-5-9-25(34)29(18)31-26(39(37-36-31)22-10-11-22)17-42-27-15-23-12-21(27)16-38(23)33-35-30-24(19-7-3-4-8-19)13-20(32(40)41-2)14-28(30)43-33/h5-6,9,13-14,19,21-23,27H,3-4,7-8,10-12,15-17H2,1-2H3/t21-,23-,27+/m0/s1. The number of benzene rings is 2. The molecule has 2 bridgehead atoms. The largest absolute Gasteiger partial charge is 0.465 e. The summed E-state index contributed by atoms with van der Waals surface area (Å²) in [5, 5.41) is 10.9. The summed E-state index contributed by atoms with van der Waals surface area (Å²) >= 11 is 8.36. The Bertz CT molecular complexity index is 1690. The average molecular weight is 618 g/mol. The molecule has 43 heavy (non-hydrogen) atoms. The van der Waals surface area contributed by atoms with Crippen LogP contribution in [0.25, 0.3) is 21.5 Å². The van der Waals surface area contributed by atoms with Crippen LogP contribution < -0.4 is 4.90 Å². The molecule has 4 aromatic rings. The van der Waals surface area contributed by atoms with Gasteiger partial charge in [0.05, 0.1) is 52.4 Å². The summed E-state index contributed by atoms with van der Waals surface area (Å²) in [5.41, 5.74) is 6.85. The van der Waals surface area contributed by atoms with E-state index in [0.29, 0.717) is 41.1 Å². The Labute approximate surface area is 260 Å². The highest BCUT2D eigenvalue weighted by Crippen LogP contribution is 2.47. The van der Waals surface area contributed by atoms with Gasteiger partial charge < -0.3 is 14.4 Å². The number of carbonyl (C=O) groups is 1. The number of hydrogen-bond donors (Lipinski definition) is 0. The van der Waals surface area contributed by atoms with Gasteiger partial charge in [-0.2, -0.15) is 0 Å². The minimum atomic E-state index is -0.276. The van der Waals surface area contributed by atoms with E-state index in [1.165, 1.54) is 25.5 Å². The lowest BCUT2D eigenvalue weighted by Gasteiger charge is -2.31. The van der Waals surface area contributed by atoms with Crippen molar-refractivity contribution in [3.8, 4) is 11.3 Å². The molecule has 8 nitrogen and oxygen atoms in total. The first-order valence-electron chi connectivity index (χ1n) is 15.6. The minimum Gasteiger partial charge on any atom is -0.465 e. The molecule has 0 amide bonds. The summed E-state index contributed by atoms with van der Waals surface area (Å²) in [5.74, 6) is 0.642. The average Bonchev–Trinajstić information content (AvgIpc) is 3.52. The summed E-state index contributed by atoms with van der Waals surface area (Å²) in [6.45, 7) is 3.50. The number of carbonyl (C=O) groups excluding carboxylic acids is 1. The number of anilines is 1. The van der Waals surface area contributed by atoms with Gasteiger partial charge in [0, 0.05) is 24.1 Å². The SMILES string of the molecule is COC(=O)c1cc(C2CCCC2)c2nc(N3C[C@@H]4C[C@H]3C[C@H]4OCc3c(-c4c(C)cccc4Cl)nnn3C3CC3)sc2c1. The first-order valence-corrected chi connectivity index (χ1v) is 16.8. The number of methoxy groups -OCH3 is 1. The summed E-state index contributed by atoms with van der Waals surface area (Å²) < 4.78 is 14.9. The van der Waals surface area contributed by atoms with Crippen LogP contribution in [-0.2, 0) is 16.1 Å². The van der Waals surface area contributed by atoms with Crippen molar-refractivity contribution in [2.45, 2.75) is 89.0 Å². The first-order chi connectivity index (χ1) is 21.0. The second-order valence-electron chi connectivity index (χ2n) is 12.8. The van der Waals surface area contributed by atoms with Gasteiger partial charge in [-0.15, -0.1) is 5.10 Å². The van der Waals surface area contributed by atoms with Gasteiger partial charge in [0.1, 0.15) is 5.69 Å². The quantitative estimate of drug-likeness (QED) is 0.190. The molecule has 10 heteroatoms. The second kappa shape index (κ2) is 10.9. The summed E-state index contributed by atoms with van der Waals surface area (Å²) in [7, 11) is 1.45. The summed E-state index contributed by atoms with van der Waals surface area (Å²) in [4.78, 5) is 20.2. The van der Waals surface area contributed by atoms with Crippen molar-refractivity contribution in [2.75, 3.05) is 18.6 Å². The Hall–Kier alpha value is -3.01. The van der Waals surface area contributed by atoms with E-state index < -0.39 is 0 Å². The molecule has 3 atom stereocenters. The number of fused-ring (bicyclic) bond motifs is 3. The lowest BCUT2D eigenvalue weighted by atomic mass is 9.95. The fourth-order valence-corrected chi connectivity index (χ4v) is 9.10. The molecule has 4 fully saturated rings. The summed E-state index contributed by atoms with van der Waals surface area (Å²) in [6.07, 6.45) is 9.34. The molecule has 1 saturated heterocycles. The third-order valence-corrected chi connectivity index (χ3v) is 11.4. The highest BCUT2D eigenvalue weighted by molar-refractivity contribution is 7.22. The molecule has 8 rings (SSSR count). The van der Waals surface area contributed by atoms with Crippen molar-refractivity contribution >= 4 is 44.3 Å². The van der Waals surface area contributed by atoms with E-state index in [1.54, 1.807) is 11.3 Å². The highest BCUT2D eigenvalue weighted by atomic mass is 35.5. The van der Waals surface area contributed by atoms with Crippen molar-refractivity contribution in [1.82, 2.24) is 20.0 Å². The van der Waals surface area contributed by atoms with Crippen LogP contribution in [0, 0.1) is 12.8 Å². The van der Waals surface area contributed by atoms with Gasteiger partial charge in [-0.1, -0.05) is 53.1 Å². The molecule has 0 N–H and O–H groups in total. The van der Waals surface area contributed by atoms with Crippen molar-refractivity contribution in [3.63, 3.8) is 0 Å². The topological polar surface area (TPSA) is 82.4 Å². The number of aromatic nitrogens is 4. The number of hydrogen-bond acceptors (Lipinski definition) is 8. The zero-order valence-corrected chi connectivity index (χ0v) is 26.2. The van der Waals surface area contributed by atoms with Crippen molar-refractivity contribution in [1.29, 1.82) is 0 Å². The Morgan fingerprint density at radius 3 is 2.67 bits per heavy atom. The number of ether oxygens (including phenoxy) is 2. The second-order valence-corrected chi connectivity index (χ2v) is 14.2. The molecule has 0 unspecified atom stereocenters. The predicted molar refractivity (Wildman–Crippen MR) is 168 cm³/mol. The number of nitrogens with zero attached hydrogens (tertiary/aromatic N) is 5. The van der Waals surface area contributed by atoms with E-state index >= 15 is 0 Å². The first kappa shape index (κ1) is 27.5. The Morgan fingerprint density at radius 2 is 1.95 bits per heavy atom. The number of thiazole rings is 1. The molecule has 0 spiro atoms. The molecule has 3 heterocycles. The van der Waals surface area contributed by atoms with Crippen molar-refractivity contribution < 1.29 is 14.3 Å². The third-order valence-electron chi connectivity index (χ3n) is 10.0. The number of aryl methyl sites for hydroxylation is 1. The van der Waals surface area contributed by atoms with Gasteiger partial charge >= 0.3 is 5.97 Å². The van der Waals surface area contributed by atoms with Crippen LogP contribution in [0.3, 0.4) is 0 Å². The van der Waals surface area contributed by atoms with E-state index in [9.17, 15) is 4.79 Å². The van der Waals surface area contributed by atoms with E-state index in [4.69, 9.17) is 26.1 Å². The molecule has 3 saturated carbocycles. The van der Waals surface area contributed by atoms with Crippen LogP contribution >= 0.6 is 22.9 Å². The number of esters is 1. The number of rotatable bonds is 8. The number of halogens is 1. The highest BCUT2D eigenvalue weighted by Gasteiger charge is 2.46. The van der Waals surface area contributed by atoms with E-state index in [1.807, 2.05) is 24.3 Å². The maximum atomic E-state index is 12.5. The molecule has 0 radical (unpaired) electrons. The molecule has 1 aliphatic heterocycles. The molecule has 3 aliphatic carbocycles. The van der Waals surface area contributed by atoms with Gasteiger partial charge in [-0.3, -0.25) is 0 Å². The van der Waals surface area contributed by atoms with Gasteiger partial charge in [-0.05, 0) is 80.7 Å². The third kappa shape index (κ3) is 4.84. The Morgan fingerprint density at radius 1 is 1.12 bits per heavy atom.